The number of piperidine rings is 3. The van der Waals surface area contributed by atoms with E-state index >= 15 is 0 Å². The molecule has 0 radical (unpaired) electrons. The van der Waals surface area contributed by atoms with Gasteiger partial charge in [-0.2, -0.15) is 0 Å². The number of likely N-dealkylation sites (tertiary alicyclic amines) is 1. The number of likely N-dealkylation sites (N-methyl/N-ethyl adjacent to an activating group) is 1. The number of rotatable bonds is 5. The summed E-state index contributed by atoms with van der Waals surface area (Å²) in [4.78, 5) is 40.4. The molecule has 0 bridgehead atoms. The highest BCUT2D eigenvalue weighted by Gasteiger charge is 2.39. The van der Waals surface area contributed by atoms with Crippen LogP contribution in [0.2, 0.25) is 0 Å². The first-order valence-electron chi connectivity index (χ1n) is 11.9. The van der Waals surface area contributed by atoms with Crippen molar-refractivity contribution in [3.63, 3.8) is 0 Å². The number of ether oxygens (including phenoxy) is 2. The molecule has 1 aromatic carbocycles. The summed E-state index contributed by atoms with van der Waals surface area (Å²) in [5.74, 6) is -0.114. The predicted molar refractivity (Wildman–Crippen MR) is 120 cm³/mol. The second-order valence-electron chi connectivity index (χ2n) is 9.62. The van der Waals surface area contributed by atoms with Crippen LogP contribution in [0.5, 0.6) is 5.75 Å². The van der Waals surface area contributed by atoms with Crippen molar-refractivity contribution in [1.82, 2.24) is 20.4 Å². The average molecular weight is 457 g/mol. The average Bonchev–Trinajstić information content (AvgIpc) is 3.09. The highest BCUT2D eigenvalue weighted by molar-refractivity contribution is 6.05. The molecule has 3 amide bonds. The van der Waals surface area contributed by atoms with Crippen molar-refractivity contribution in [1.29, 1.82) is 0 Å². The second kappa shape index (κ2) is 9.40. The summed E-state index contributed by atoms with van der Waals surface area (Å²) in [6.45, 7) is 4.10. The summed E-state index contributed by atoms with van der Waals surface area (Å²) in [6.07, 6.45) is 4.02. The first-order chi connectivity index (χ1) is 16.0. The summed E-state index contributed by atoms with van der Waals surface area (Å²) in [7, 11) is 2.09. The van der Waals surface area contributed by atoms with Gasteiger partial charge in [0.05, 0.1) is 12.2 Å². The molecule has 178 valence electrons. The van der Waals surface area contributed by atoms with Crippen molar-refractivity contribution in [2.24, 2.45) is 0 Å². The molecule has 1 unspecified atom stereocenters. The number of imide groups is 1. The third kappa shape index (κ3) is 4.90. The molecule has 3 saturated heterocycles. The van der Waals surface area contributed by atoms with Gasteiger partial charge < -0.3 is 24.6 Å². The molecule has 9 nitrogen and oxygen atoms in total. The minimum Gasteiger partial charge on any atom is -0.489 e. The van der Waals surface area contributed by atoms with E-state index in [2.05, 4.69) is 22.6 Å². The monoisotopic (exact) mass is 456 g/mol. The van der Waals surface area contributed by atoms with Gasteiger partial charge in [-0.15, -0.1) is 0 Å². The topological polar surface area (TPSA) is 100 Å². The fourth-order valence-electron chi connectivity index (χ4n) is 5.42. The molecule has 2 N–H and O–H groups in total. The van der Waals surface area contributed by atoms with Gasteiger partial charge >= 0.3 is 0 Å². The van der Waals surface area contributed by atoms with Gasteiger partial charge in [-0.3, -0.25) is 19.7 Å². The number of fused-ring (bicyclic) bond motifs is 1. The number of nitrogens with one attached hydrogen (secondary N) is 2. The highest BCUT2D eigenvalue weighted by atomic mass is 16.5. The Hall–Kier alpha value is -2.49. The van der Waals surface area contributed by atoms with Gasteiger partial charge in [0, 0.05) is 38.0 Å². The van der Waals surface area contributed by atoms with E-state index < -0.39 is 11.9 Å². The van der Waals surface area contributed by atoms with Crippen molar-refractivity contribution in [3.05, 3.63) is 29.3 Å². The molecule has 9 heteroatoms. The molecule has 33 heavy (non-hydrogen) atoms. The van der Waals surface area contributed by atoms with Gasteiger partial charge in [0.1, 0.15) is 17.9 Å². The molecule has 3 fully saturated rings. The van der Waals surface area contributed by atoms with E-state index in [4.69, 9.17) is 9.47 Å². The fourth-order valence-corrected chi connectivity index (χ4v) is 5.42. The van der Waals surface area contributed by atoms with Crippen LogP contribution in [0.1, 0.15) is 48.0 Å². The Balaban J connectivity index is 1.22. The van der Waals surface area contributed by atoms with E-state index in [-0.39, 0.29) is 30.4 Å². The summed E-state index contributed by atoms with van der Waals surface area (Å²) in [5, 5.41) is 5.71. The summed E-state index contributed by atoms with van der Waals surface area (Å²) >= 11 is 0. The number of carbonyl (C=O) groups excluding carboxylic acids is 3. The number of hydrogen-bond acceptors (Lipinski definition) is 7. The molecule has 4 heterocycles. The summed E-state index contributed by atoms with van der Waals surface area (Å²) in [5.41, 5.74) is 1.45. The predicted octanol–water partition coefficient (Wildman–Crippen LogP) is 0.668. The van der Waals surface area contributed by atoms with E-state index in [9.17, 15) is 14.4 Å². The zero-order valence-corrected chi connectivity index (χ0v) is 19.0. The molecule has 0 saturated carbocycles. The first-order valence-corrected chi connectivity index (χ1v) is 11.9. The highest BCUT2D eigenvalue weighted by Crippen LogP contribution is 2.31. The van der Waals surface area contributed by atoms with Crippen LogP contribution in [0.25, 0.3) is 0 Å². The van der Waals surface area contributed by atoms with E-state index in [1.807, 2.05) is 12.1 Å². The van der Waals surface area contributed by atoms with Crippen LogP contribution >= 0.6 is 0 Å². The molecule has 4 aliphatic heterocycles. The van der Waals surface area contributed by atoms with Crippen LogP contribution in [0.3, 0.4) is 0 Å². The molecule has 3 atom stereocenters. The zero-order valence-electron chi connectivity index (χ0n) is 19.0. The van der Waals surface area contributed by atoms with Crippen LogP contribution in [-0.4, -0.2) is 85.1 Å². The van der Waals surface area contributed by atoms with Gasteiger partial charge in [-0.1, -0.05) is 0 Å². The molecular weight excluding hydrogens is 424 g/mol. The Morgan fingerprint density at radius 2 is 1.79 bits per heavy atom. The Morgan fingerprint density at radius 3 is 2.58 bits per heavy atom. The molecule has 4 aliphatic rings. The van der Waals surface area contributed by atoms with Crippen molar-refractivity contribution in [3.8, 4) is 5.75 Å². The van der Waals surface area contributed by atoms with Crippen LogP contribution in [0.4, 0.5) is 0 Å². The Bertz CT molecular complexity index is 931. The van der Waals surface area contributed by atoms with Crippen molar-refractivity contribution < 1.29 is 23.9 Å². The van der Waals surface area contributed by atoms with Gasteiger partial charge in [0.2, 0.25) is 11.8 Å². The lowest BCUT2D eigenvalue weighted by molar-refractivity contribution is -0.136. The van der Waals surface area contributed by atoms with Crippen molar-refractivity contribution in [2.45, 2.75) is 63.0 Å². The maximum atomic E-state index is 12.9. The number of nitrogens with zero attached hydrogens (tertiary/aromatic N) is 2. The quantitative estimate of drug-likeness (QED) is 0.628. The van der Waals surface area contributed by atoms with Crippen molar-refractivity contribution in [2.75, 3.05) is 33.2 Å². The third-order valence-corrected chi connectivity index (χ3v) is 7.03. The molecule has 0 aliphatic carbocycles. The third-order valence-electron chi connectivity index (χ3n) is 7.03. The van der Waals surface area contributed by atoms with E-state index in [1.54, 1.807) is 11.0 Å². The molecular formula is C24H32N4O5. The van der Waals surface area contributed by atoms with E-state index in [0.717, 1.165) is 56.8 Å². The number of carbonyl (C=O) groups is 3. The minimum absolute atomic E-state index is 0.0110. The normalized spacial score (nSPS) is 29.2. The van der Waals surface area contributed by atoms with Crippen LogP contribution in [-0.2, 0) is 20.9 Å². The van der Waals surface area contributed by atoms with E-state index in [0.29, 0.717) is 24.6 Å². The van der Waals surface area contributed by atoms with Gasteiger partial charge in [-0.25, -0.2) is 0 Å². The van der Waals surface area contributed by atoms with Gasteiger partial charge in [0.25, 0.3) is 5.91 Å². The van der Waals surface area contributed by atoms with Crippen LogP contribution < -0.4 is 15.4 Å². The van der Waals surface area contributed by atoms with Crippen molar-refractivity contribution >= 4 is 17.7 Å². The zero-order chi connectivity index (χ0) is 22.9. The lowest BCUT2D eigenvalue weighted by atomic mass is 10.0. The van der Waals surface area contributed by atoms with Gasteiger partial charge in [-0.05, 0) is 63.2 Å². The fraction of sp³-hybridized carbons (Fsp3) is 0.625. The Morgan fingerprint density at radius 1 is 1.00 bits per heavy atom. The molecule has 0 spiro atoms. The molecule has 1 aromatic rings. The maximum Gasteiger partial charge on any atom is 0.255 e. The van der Waals surface area contributed by atoms with Crippen LogP contribution in [0, 0.1) is 0 Å². The summed E-state index contributed by atoms with van der Waals surface area (Å²) in [6, 6.07) is 4.93. The van der Waals surface area contributed by atoms with E-state index in [1.165, 1.54) is 0 Å². The lowest BCUT2D eigenvalue weighted by Crippen LogP contribution is -2.52. The maximum absolute atomic E-state index is 12.9. The summed E-state index contributed by atoms with van der Waals surface area (Å²) < 4.78 is 12.7. The molecule has 0 aromatic heterocycles. The minimum atomic E-state index is -0.605. The number of hydrogen-bond donors (Lipinski definition) is 2. The largest absolute Gasteiger partial charge is 0.489 e. The van der Waals surface area contributed by atoms with Gasteiger partial charge in [0.15, 0.2) is 0 Å². The Labute approximate surface area is 193 Å². The second-order valence-corrected chi connectivity index (χ2v) is 9.62. The van der Waals surface area contributed by atoms with Crippen LogP contribution in [0.15, 0.2) is 18.2 Å². The smallest absolute Gasteiger partial charge is 0.255 e. The lowest BCUT2D eigenvalue weighted by Gasteiger charge is -2.38. The number of amides is 3. The molecule has 5 rings (SSSR count). The number of benzene rings is 1. The SMILES string of the molecule is CN1C[C@H](Oc2ccc3c(c2)CN(C2CCC(=O)NC2=O)C3=O)C[C@@H](OC2CCNCC2)C1. The standard InChI is InChI=1S/C24H32N4O5/c1-27-13-18(32-16-6-8-25-9-7-16)11-19(14-27)33-17-2-3-20-15(10-17)12-28(24(20)31)21-4-5-22(29)26-23(21)30/h2-3,10,16,18-19,21,25H,4-9,11-14H2,1H3,(H,26,29,30)/t18-,19-,21?/m1/s1. The first kappa shape index (κ1) is 22.3. The Kier molecular flexibility index (Phi) is 6.36.